The third-order valence-electron chi connectivity index (χ3n) is 7.73. The normalized spacial score (nSPS) is 27.1. The van der Waals surface area contributed by atoms with Crippen molar-refractivity contribution in [3.63, 3.8) is 0 Å². The van der Waals surface area contributed by atoms with Crippen molar-refractivity contribution in [3.05, 3.63) is 30.3 Å². The second kappa shape index (κ2) is 10.7. The van der Waals surface area contributed by atoms with Gasteiger partial charge in [0.15, 0.2) is 8.24 Å². The number of hydrogen-bond donors (Lipinski definition) is 1. The molecule has 0 bridgehead atoms. The van der Waals surface area contributed by atoms with Crippen molar-refractivity contribution in [2.75, 3.05) is 11.6 Å². The van der Waals surface area contributed by atoms with E-state index in [2.05, 4.69) is 69.2 Å². The van der Waals surface area contributed by atoms with Crippen LogP contribution in [0.3, 0.4) is 0 Å². The van der Waals surface area contributed by atoms with Crippen molar-refractivity contribution in [3.8, 4) is 0 Å². The minimum Gasteiger partial charge on any atom is -0.410 e. The Balaban J connectivity index is 1.49. The van der Waals surface area contributed by atoms with E-state index in [9.17, 15) is 0 Å². The zero-order valence-electron chi connectivity index (χ0n) is 20.4. The van der Waals surface area contributed by atoms with E-state index in [0.29, 0.717) is 0 Å². The van der Waals surface area contributed by atoms with Crippen LogP contribution in [0.5, 0.6) is 0 Å². The lowest BCUT2D eigenvalue weighted by atomic mass is 9.76. The Morgan fingerprint density at radius 1 is 0.933 bits per heavy atom. The van der Waals surface area contributed by atoms with Crippen LogP contribution in [0.25, 0.3) is 0 Å². The van der Waals surface area contributed by atoms with Crippen molar-refractivity contribution in [2.24, 2.45) is 17.8 Å². The fourth-order valence-corrected chi connectivity index (χ4v) is 9.81. The number of para-hydroxylation sites is 1. The molecule has 0 spiro atoms. The summed E-state index contributed by atoms with van der Waals surface area (Å²) in [6.07, 6.45) is 14.2. The molecule has 0 amide bonds. The summed E-state index contributed by atoms with van der Waals surface area (Å²) in [5.41, 5.74) is 2.29. The van der Waals surface area contributed by atoms with Crippen LogP contribution in [-0.4, -0.2) is 20.4 Å². The summed E-state index contributed by atoms with van der Waals surface area (Å²) in [4.78, 5) is 4.04. The number of benzene rings is 1. The van der Waals surface area contributed by atoms with Crippen LogP contribution in [0.2, 0.25) is 18.6 Å². The number of nitrogens with one attached hydrogen (secondary N) is 1. The van der Waals surface area contributed by atoms with Crippen LogP contribution in [-0.2, 0) is 4.74 Å². The molecule has 2 aliphatic carbocycles. The number of anilines is 1. The first-order chi connectivity index (χ1) is 14.3. The van der Waals surface area contributed by atoms with Crippen LogP contribution in [0.15, 0.2) is 30.3 Å². The molecule has 0 radical (unpaired) electrons. The first kappa shape index (κ1) is 23.9. The molecular weight excluding hydrogens is 382 g/mol. The SMILES string of the molecule is CC(C)(C)OCCCCCCC1CC([Si](C)(C)Nc2ccccc2)C2CCCCC12. The zero-order chi connectivity index (χ0) is 21.6. The largest absolute Gasteiger partial charge is 0.410 e. The molecule has 3 heteroatoms. The highest BCUT2D eigenvalue weighted by Gasteiger charge is 2.50. The quantitative estimate of drug-likeness (QED) is 0.298. The summed E-state index contributed by atoms with van der Waals surface area (Å²) in [7, 11) is -1.51. The molecule has 4 atom stereocenters. The van der Waals surface area contributed by atoms with Gasteiger partial charge < -0.3 is 9.72 Å². The molecule has 1 N–H and O–H groups in total. The standard InChI is InChI=1S/C27H47NOSi/c1-27(2,3)29-20-14-7-6-9-15-22-21-26(25-19-13-12-18-24(22)25)30(4,5)28-23-16-10-8-11-17-23/h8,10-11,16-17,22,24-26,28H,6-7,9,12-15,18-21H2,1-5H3. The molecule has 0 aliphatic heterocycles. The Bertz CT molecular complexity index is 624. The van der Waals surface area contributed by atoms with Gasteiger partial charge in [-0.2, -0.15) is 0 Å². The summed E-state index contributed by atoms with van der Waals surface area (Å²) in [6, 6.07) is 11.0. The minimum atomic E-state index is -1.51. The van der Waals surface area contributed by atoms with E-state index in [0.717, 1.165) is 29.9 Å². The van der Waals surface area contributed by atoms with Crippen LogP contribution in [0, 0.1) is 17.8 Å². The van der Waals surface area contributed by atoms with Gasteiger partial charge in [0.2, 0.25) is 0 Å². The van der Waals surface area contributed by atoms with Crippen LogP contribution in [0.4, 0.5) is 5.69 Å². The van der Waals surface area contributed by atoms with E-state index in [1.165, 1.54) is 69.9 Å². The number of ether oxygens (including phenoxy) is 1. The first-order valence-electron chi connectivity index (χ1n) is 12.7. The molecule has 3 rings (SSSR count). The van der Waals surface area contributed by atoms with Gasteiger partial charge in [0.25, 0.3) is 0 Å². The van der Waals surface area contributed by atoms with Gasteiger partial charge in [-0.25, -0.2) is 0 Å². The molecule has 0 heterocycles. The van der Waals surface area contributed by atoms with Crippen molar-refractivity contribution in [2.45, 2.75) is 109 Å². The molecule has 4 unspecified atom stereocenters. The molecule has 170 valence electrons. The van der Waals surface area contributed by atoms with E-state index >= 15 is 0 Å². The van der Waals surface area contributed by atoms with Crippen molar-refractivity contribution < 1.29 is 4.74 Å². The fourth-order valence-electron chi connectivity index (χ4n) is 6.34. The van der Waals surface area contributed by atoms with Crippen molar-refractivity contribution in [1.29, 1.82) is 0 Å². The number of fused-ring (bicyclic) bond motifs is 1. The van der Waals surface area contributed by atoms with Gasteiger partial charge in [-0.1, -0.05) is 76.2 Å². The fraction of sp³-hybridized carbons (Fsp3) is 0.778. The molecule has 0 aromatic heterocycles. The Hall–Kier alpha value is -0.803. The summed E-state index contributed by atoms with van der Waals surface area (Å²) >= 11 is 0. The lowest BCUT2D eigenvalue weighted by Crippen LogP contribution is -2.44. The number of rotatable bonds is 10. The van der Waals surface area contributed by atoms with E-state index in [-0.39, 0.29) is 5.60 Å². The van der Waals surface area contributed by atoms with Gasteiger partial charge in [-0.05, 0) is 75.5 Å². The van der Waals surface area contributed by atoms with E-state index in [1.807, 2.05) is 0 Å². The molecule has 2 nitrogen and oxygen atoms in total. The number of unbranched alkanes of at least 4 members (excludes halogenated alkanes) is 3. The van der Waals surface area contributed by atoms with Gasteiger partial charge in [0, 0.05) is 12.3 Å². The molecular formula is C27H47NOSi. The predicted molar refractivity (Wildman–Crippen MR) is 134 cm³/mol. The van der Waals surface area contributed by atoms with Crippen LogP contribution in [0.1, 0.15) is 85.0 Å². The maximum absolute atomic E-state index is 5.88. The topological polar surface area (TPSA) is 21.3 Å². The Kier molecular flexibility index (Phi) is 8.49. The third kappa shape index (κ3) is 6.85. The van der Waals surface area contributed by atoms with E-state index < -0.39 is 8.24 Å². The maximum atomic E-state index is 5.88. The highest BCUT2D eigenvalue weighted by Crippen LogP contribution is 2.56. The smallest absolute Gasteiger partial charge is 0.150 e. The lowest BCUT2D eigenvalue weighted by molar-refractivity contribution is -0.00477. The zero-order valence-corrected chi connectivity index (χ0v) is 21.4. The van der Waals surface area contributed by atoms with Gasteiger partial charge in [-0.15, -0.1) is 0 Å². The second-order valence-electron chi connectivity index (χ2n) is 11.6. The van der Waals surface area contributed by atoms with Crippen molar-refractivity contribution >= 4 is 13.9 Å². The molecule has 1 aromatic carbocycles. The molecule has 30 heavy (non-hydrogen) atoms. The number of hydrogen-bond acceptors (Lipinski definition) is 2. The average Bonchev–Trinajstić information content (AvgIpc) is 3.07. The van der Waals surface area contributed by atoms with Gasteiger partial charge in [0.05, 0.1) is 5.60 Å². The Labute approximate surface area is 187 Å². The highest BCUT2D eigenvalue weighted by atomic mass is 28.3. The Morgan fingerprint density at radius 3 is 2.30 bits per heavy atom. The minimum absolute atomic E-state index is 0.0132. The molecule has 2 aliphatic rings. The monoisotopic (exact) mass is 429 g/mol. The highest BCUT2D eigenvalue weighted by molar-refractivity contribution is 6.81. The van der Waals surface area contributed by atoms with Crippen molar-refractivity contribution in [1.82, 2.24) is 0 Å². The molecule has 0 saturated heterocycles. The van der Waals surface area contributed by atoms with E-state index in [1.54, 1.807) is 0 Å². The van der Waals surface area contributed by atoms with Gasteiger partial charge >= 0.3 is 0 Å². The van der Waals surface area contributed by atoms with Gasteiger partial charge in [-0.3, -0.25) is 0 Å². The van der Waals surface area contributed by atoms with Crippen LogP contribution < -0.4 is 4.98 Å². The molecule has 2 saturated carbocycles. The third-order valence-corrected chi connectivity index (χ3v) is 11.2. The van der Waals surface area contributed by atoms with E-state index in [4.69, 9.17) is 4.74 Å². The molecule has 2 fully saturated rings. The average molecular weight is 430 g/mol. The van der Waals surface area contributed by atoms with Crippen LogP contribution >= 0.6 is 0 Å². The lowest BCUT2D eigenvalue weighted by Gasteiger charge is -2.38. The summed E-state index contributed by atoms with van der Waals surface area (Å²) in [6.45, 7) is 12.6. The maximum Gasteiger partial charge on any atom is 0.150 e. The second-order valence-corrected chi connectivity index (χ2v) is 16.0. The summed E-state index contributed by atoms with van der Waals surface area (Å²) in [5, 5.41) is 0. The predicted octanol–water partition coefficient (Wildman–Crippen LogP) is 8.27. The van der Waals surface area contributed by atoms with Gasteiger partial charge in [0.1, 0.15) is 0 Å². The Morgan fingerprint density at radius 2 is 1.60 bits per heavy atom. The summed E-state index contributed by atoms with van der Waals surface area (Å²) in [5.74, 6) is 2.98. The molecule has 1 aromatic rings. The first-order valence-corrected chi connectivity index (χ1v) is 15.8. The summed E-state index contributed by atoms with van der Waals surface area (Å²) < 4.78 is 5.88.